The van der Waals surface area contributed by atoms with Gasteiger partial charge in [0.1, 0.15) is 0 Å². The van der Waals surface area contributed by atoms with Crippen molar-refractivity contribution in [2.75, 3.05) is 5.73 Å². The van der Waals surface area contributed by atoms with E-state index in [-0.39, 0.29) is 24.8 Å². The van der Waals surface area contributed by atoms with Gasteiger partial charge in [-0.25, -0.2) is 0 Å². The molecule has 0 bridgehead atoms. The minimum atomic E-state index is 0. The molecule has 0 radical (unpaired) electrons. The molecule has 7 heteroatoms. The fourth-order valence-electron chi connectivity index (χ4n) is 0.840. The van der Waals surface area contributed by atoms with Crippen LogP contribution in [0.4, 0.5) is 5.13 Å². The largest absolute Gasteiger partial charge is 0.374 e. The molecule has 2 aromatic rings. The summed E-state index contributed by atoms with van der Waals surface area (Å²) in [4.78, 5) is 3.97. The predicted octanol–water partition coefficient (Wildman–Crippen LogP) is 2.03. The third-order valence-corrected chi connectivity index (χ3v) is 2.15. The number of nitrogen functional groups attached to an aromatic ring is 1. The standard InChI is InChI=1S/C7H6N4S.2ClH/c8-7-11-10-6(12-7)5-2-1-3-9-4-5;;/h1-4H,(H2,8,11);2*1H. The van der Waals surface area contributed by atoms with Gasteiger partial charge in [0.15, 0.2) is 5.01 Å². The minimum absolute atomic E-state index is 0. The second-order valence-corrected chi connectivity index (χ2v) is 3.20. The summed E-state index contributed by atoms with van der Waals surface area (Å²) in [5.74, 6) is 0. The lowest BCUT2D eigenvalue weighted by molar-refractivity contribution is 1.10. The molecule has 0 spiro atoms. The van der Waals surface area contributed by atoms with Crippen LogP contribution < -0.4 is 5.73 Å². The molecule has 0 saturated heterocycles. The average Bonchev–Trinajstić information content (AvgIpc) is 2.54. The van der Waals surface area contributed by atoms with Crippen LogP contribution in [0.3, 0.4) is 0 Å². The Balaban J connectivity index is 0.000000845. The Morgan fingerprint density at radius 1 is 1.21 bits per heavy atom. The molecule has 0 saturated carbocycles. The maximum Gasteiger partial charge on any atom is 0.203 e. The zero-order valence-electron chi connectivity index (χ0n) is 6.95. The Bertz CT molecular complexity index is 378. The van der Waals surface area contributed by atoms with Gasteiger partial charge in [0.25, 0.3) is 0 Å². The molecular formula is C7H8Cl2N4S. The molecule has 2 heterocycles. The van der Waals surface area contributed by atoms with Crippen molar-refractivity contribution in [2.45, 2.75) is 0 Å². The molecular weight excluding hydrogens is 243 g/mol. The van der Waals surface area contributed by atoms with Crippen molar-refractivity contribution in [3.05, 3.63) is 24.5 Å². The molecule has 2 N–H and O–H groups in total. The highest BCUT2D eigenvalue weighted by Gasteiger charge is 2.02. The molecule has 0 unspecified atom stereocenters. The molecule has 0 aliphatic carbocycles. The van der Waals surface area contributed by atoms with Crippen LogP contribution in [0.1, 0.15) is 0 Å². The molecule has 14 heavy (non-hydrogen) atoms. The van der Waals surface area contributed by atoms with Gasteiger partial charge >= 0.3 is 0 Å². The maximum atomic E-state index is 5.44. The highest BCUT2D eigenvalue weighted by atomic mass is 35.5. The van der Waals surface area contributed by atoms with Crippen molar-refractivity contribution < 1.29 is 0 Å². The molecule has 2 aromatic heterocycles. The summed E-state index contributed by atoms with van der Waals surface area (Å²) in [6.07, 6.45) is 3.45. The van der Waals surface area contributed by atoms with E-state index in [1.807, 2.05) is 12.1 Å². The van der Waals surface area contributed by atoms with Crippen LogP contribution in [-0.2, 0) is 0 Å². The number of halogens is 2. The Hall–Kier alpha value is -0.910. The number of hydrogen-bond donors (Lipinski definition) is 1. The summed E-state index contributed by atoms with van der Waals surface area (Å²) in [6.45, 7) is 0. The highest BCUT2D eigenvalue weighted by molar-refractivity contribution is 7.18. The third-order valence-electron chi connectivity index (χ3n) is 1.35. The van der Waals surface area contributed by atoms with Crippen LogP contribution in [-0.4, -0.2) is 15.2 Å². The van der Waals surface area contributed by atoms with E-state index < -0.39 is 0 Å². The van der Waals surface area contributed by atoms with E-state index in [1.54, 1.807) is 12.4 Å². The normalized spacial score (nSPS) is 8.57. The number of aromatic nitrogens is 3. The zero-order valence-corrected chi connectivity index (χ0v) is 9.40. The first-order chi connectivity index (χ1) is 5.86. The van der Waals surface area contributed by atoms with Crippen LogP contribution in [0, 0.1) is 0 Å². The van der Waals surface area contributed by atoms with E-state index in [0.29, 0.717) is 5.13 Å². The molecule has 0 amide bonds. The number of pyridine rings is 1. The van der Waals surface area contributed by atoms with Crippen molar-refractivity contribution in [3.8, 4) is 10.6 Å². The molecule has 0 aliphatic rings. The summed E-state index contributed by atoms with van der Waals surface area (Å²) < 4.78 is 0. The van der Waals surface area contributed by atoms with Crippen molar-refractivity contribution in [1.82, 2.24) is 15.2 Å². The first-order valence-electron chi connectivity index (χ1n) is 3.35. The number of rotatable bonds is 1. The van der Waals surface area contributed by atoms with Gasteiger partial charge in [-0.2, -0.15) is 0 Å². The summed E-state index contributed by atoms with van der Waals surface area (Å²) in [5, 5.41) is 8.89. The SMILES string of the molecule is Cl.Cl.Nc1nnc(-c2cccnc2)s1. The van der Waals surface area contributed by atoms with Gasteiger partial charge < -0.3 is 5.73 Å². The Kier molecular flexibility index (Phi) is 5.37. The van der Waals surface area contributed by atoms with E-state index in [9.17, 15) is 0 Å². The lowest BCUT2D eigenvalue weighted by atomic mass is 10.3. The smallest absolute Gasteiger partial charge is 0.203 e. The molecule has 4 nitrogen and oxygen atoms in total. The van der Waals surface area contributed by atoms with E-state index in [1.165, 1.54) is 11.3 Å². The second-order valence-electron chi connectivity index (χ2n) is 2.19. The molecule has 0 fully saturated rings. The topological polar surface area (TPSA) is 64.7 Å². The Morgan fingerprint density at radius 2 is 2.00 bits per heavy atom. The van der Waals surface area contributed by atoms with Crippen LogP contribution in [0.15, 0.2) is 24.5 Å². The second kappa shape index (κ2) is 5.74. The fraction of sp³-hybridized carbons (Fsp3) is 0. The summed E-state index contributed by atoms with van der Waals surface area (Å²) >= 11 is 1.36. The average molecular weight is 251 g/mol. The van der Waals surface area contributed by atoms with Crippen molar-refractivity contribution in [2.24, 2.45) is 0 Å². The van der Waals surface area contributed by atoms with E-state index in [0.717, 1.165) is 10.6 Å². The minimum Gasteiger partial charge on any atom is -0.374 e. The Morgan fingerprint density at radius 3 is 2.50 bits per heavy atom. The maximum absolute atomic E-state index is 5.44. The first-order valence-corrected chi connectivity index (χ1v) is 4.17. The monoisotopic (exact) mass is 250 g/mol. The lowest BCUT2D eigenvalue weighted by Crippen LogP contribution is -1.80. The van der Waals surface area contributed by atoms with E-state index in [4.69, 9.17) is 5.73 Å². The quantitative estimate of drug-likeness (QED) is 0.842. The summed E-state index contributed by atoms with van der Waals surface area (Å²) in [7, 11) is 0. The lowest BCUT2D eigenvalue weighted by Gasteiger charge is -1.89. The molecule has 0 atom stereocenters. The van der Waals surface area contributed by atoms with E-state index in [2.05, 4.69) is 15.2 Å². The van der Waals surface area contributed by atoms with Gasteiger partial charge in [0.05, 0.1) is 0 Å². The first kappa shape index (κ1) is 13.1. The van der Waals surface area contributed by atoms with Crippen molar-refractivity contribution in [1.29, 1.82) is 0 Å². The zero-order chi connectivity index (χ0) is 8.39. The van der Waals surface area contributed by atoms with Gasteiger partial charge in [-0.3, -0.25) is 4.98 Å². The predicted molar refractivity (Wildman–Crippen MR) is 62.0 cm³/mol. The Labute approximate surface area is 97.4 Å². The van der Waals surface area contributed by atoms with Crippen LogP contribution in [0.5, 0.6) is 0 Å². The van der Waals surface area contributed by atoms with Gasteiger partial charge in [0.2, 0.25) is 5.13 Å². The summed E-state index contributed by atoms with van der Waals surface area (Å²) in [6, 6.07) is 3.78. The third kappa shape index (κ3) is 2.80. The molecule has 76 valence electrons. The van der Waals surface area contributed by atoms with Crippen LogP contribution in [0.2, 0.25) is 0 Å². The number of anilines is 1. The van der Waals surface area contributed by atoms with Gasteiger partial charge in [-0.15, -0.1) is 35.0 Å². The van der Waals surface area contributed by atoms with Crippen LogP contribution >= 0.6 is 36.2 Å². The van der Waals surface area contributed by atoms with Crippen LogP contribution in [0.25, 0.3) is 10.6 Å². The van der Waals surface area contributed by atoms with Crippen molar-refractivity contribution >= 4 is 41.3 Å². The number of hydrogen-bond acceptors (Lipinski definition) is 5. The molecule has 2 rings (SSSR count). The van der Waals surface area contributed by atoms with Gasteiger partial charge in [0, 0.05) is 18.0 Å². The number of nitrogens with zero attached hydrogens (tertiary/aromatic N) is 3. The fourth-order valence-corrected chi connectivity index (χ4v) is 1.44. The number of nitrogens with two attached hydrogens (primary N) is 1. The van der Waals surface area contributed by atoms with Gasteiger partial charge in [-0.1, -0.05) is 11.3 Å². The van der Waals surface area contributed by atoms with Crippen molar-refractivity contribution in [3.63, 3.8) is 0 Å². The molecule has 0 aromatic carbocycles. The van der Waals surface area contributed by atoms with Gasteiger partial charge in [-0.05, 0) is 12.1 Å². The summed E-state index contributed by atoms with van der Waals surface area (Å²) in [5.41, 5.74) is 6.39. The highest BCUT2D eigenvalue weighted by Crippen LogP contribution is 2.22. The molecule has 0 aliphatic heterocycles. The van der Waals surface area contributed by atoms with E-state index >= 15 is 0 Å².